The van der Waals surface area contributed by atoms with Gasteiger partial charge in [0.15, 0.2) is 5.65 Å². The maximum Gasteiger partial charge on any atom is 0.151 e. The van der Waals surface area contributed by atoms with Crippen LogP contribution in [0.3, 0.4) is 0 Å². The van der Waals surface area contributed by atoms with Crippen molar-refractivity contribution >= 4 is 16.9 Å². The minimum Gasteiger partial charge on any atom is -0.497 e. The summed E-state index contributed by atoms with van der Waals surface area (Å²) in [5, 5.41) is 4.40. The average Bonchev–Trinajstić information content (AvgIpc) is 3.29. The molecule has 7 heteroatoms. The zero-order valence-electron chi connectivity index (χ0n) is 21.5. The molecule has 0 saturated carbocycles. The molecule has 2 heterocycles. The number of nitrogens with zero attached hydrogens (tertiary/aromatic N) is 3. The Hall–Kier alpha value is -4.36. The number of benzene rings is 3. The maximum absolute atomic E-state index is 5.44. The third kappa shape index (κ3) is 4.73. The monoisotopic (exact) mass is 494 g/mol. The van der Waals surface area contributed by atoms with E-state index < -0.39 is 0 Å². The number of rotatable bonds is 9. The Morgan fingerprint density at radius 1 is 0.811 bits per heavy atom. The predicted molar refractivity (Wildman–Crippen MR) is 148 cm³/mol. The molecule has 188 valence electrons. The summed E-state index contributed by atoms with van der Waals surface area (Å²) >= 11 is 0. The minimum atomic E-state index is 0.563. The van der Waals surface area contributed by atoms with E-state index in [2.05, 4.69) is 70.3 Å². The van der Waals surface area contributed by atoms with Crippen molar-refractivity contribution in [1.29, 1.82) is 0 Å². The van der Waals surface area contributed by atoms with Crippen LogP contribution in [0.15, 0.2) is 79.1 Å². The van der Waals surface area contributed by atoms with E-state index in [1.54, 1.807) is 27.7 Å². The molecule has 2 aromatic heterocycles. The molecule has 0 spiro atoms. The summed E-state index contributed by atoms with van der Waals surface area (Å²) in [6.45, 7) is 3.28. The van der Waals surface area contributed by atoms with E-state index >= 15 is 0 Å². The van der Waals surface area contributed by atoms with Gasteiger partial charge in [0, 0.05) is 24.9 Å². The first-order chi connectivity index (χ1) is 18.1. The molecule has 0 atom stereocenters. The highest BCUT2D eigenvalue weighted by Crippen LogP contribution is 2.44. The lowest BCUT2D eigenvalue weighted by Gasteiger charge is -2.14. The topological polar surface area (TPSA) is 70.4 Å². The van der Waals surface area contributed by atoms with E-state index in [0.29, 0.717) is 13.2 Å². The van der Waals surface area contributed by atoms with E-state index in [-0.39, 0.29) is 0 Å². The molecule has 0 fully saturated rings. The van der Waals surface area contributed by atoms with E-state index in [1.807, 2.05) is 24.3 Å². The van der Waals surface area contributed by atoms with Gasteiger partial charge in [-0.05, 0) is 72.1 Å². The first-order valence-electron chi connectivity index (χ1n) is 12.1. The lowest BCUT2D eigenvalue weighted by molar-refractivity contribution is 0.210. The Labute approximate surface area is 216 Å². The van der Waals surface area contributed by atoms with Gasteiger partial charge < -0.3 is 19.5 Å². The highest BCUT2D eigenvalue weighted by atomic mass is 16.5. The summed E-state index contributed by atoms with van der Waals surface area (Å²) in [6, 6.07) is 24.7. The van der Waals surface area contributed by atoms with Crippen LogP contribution in [0, 0.1) is 6.92 Å². The number of aromatic nitrogens is 3. The number of ether oxygens (including phenoxy) is 3. The Kier molecular flexibility index (Phi) is 7.05. The zero-order chi connectivity index (χ0) is 25.8. The van der Waals surface area contributed by atoms with Crippen LogP contribution in [0.4, 0.5) is 5.82 Å². The van der Waals surface area contributed by atoms with Crippen LogP contribution < -0.4 is 14.8 Å². The Morgan fingerprint density at radius 3 is 2.11 bits per heavy atom. The number of anilines is 1. The van der Waals surface area contributed by atoms with E-state index in [1.165, 1.54) is 5.56 Å². The summed E-state index contributed by atoms with van der Waals surface area (Å²) in [4.78, 5) is 9.46. The summed E-state index contributed by atoms with van der Waals surface area (Å²) in [5.74, 6) is 2.36. The van der Waals surface area contributed by atoms with Crippen molar-refractivity contribution in [2.24, 2.45) is 0 Å². The molecule has 5 rings (SSSR count). The molecular formula is C30H30N4O3. The number of fused-ring (bicyclic) bond motifs is 1. The fourth-order valence-corrected chi connectivity index (χ4v) is 4.60. The Morgan fingerprint density at radius 2 is 1.49 bits per heavy atom. The smallest absolute Gasteiger partial charge is 0.151 e. The molecule has 1 N–H and O–H groups in total. The molecule has 0 unspecified atom stereocenters. The second kappa shape index (κ2) is 10.7. The first-order valence-corrected chi connectivity index (χ1v) is 12.1. The molecule has 7 nitrogen and oxygen atoms in total. The van der Waals surface area contributed by atoms with Crippen molar-refractivity contribution in [1.82, 2.24) is 14.5 Å². The standard InChI is InChI=1S/C30H30N4O3/c1-20-6-5-7-23(18-20)34-28(22-10-14-25(37-4)15-11-22)26(21-8-12-24(36-3)13-9-21)27-29(31-16-17-35-2)32-19-33-30(27)34/h5-15,18-19H,16-17H2,1-4H3,(H,31,32,33). The normalized spacial score (nSPS) is 11.0. The van der Waals surface area contributed by atoms with Crippen LogP contribution in [0.1, 0.15) is 5.56 Å². The molecule has 0 aliphatic rings. The lowest BCUT2D eigenvalue weighted by atomic mass is 9.98. The van der Waals surface area contributed by atoms with Gasteiger partial charge in [0.25, 0.3) is 0 Å². The van der Waals surface area contributed by atoms with Gasteiger partial charge >= 0.3 is 0 Å². The van der Waals surface area contributed by atoms with Crippen LogP contribution >= 0.6 is 0 Å². The third-order valence-corrected chi connectivity index (χ3v) is 6.35. The summed E-state index contributed by atoms with van der Waals surface area (Å²) in [5.41, 5.74) is 7.13. The first kappa shape index (κ1) is 24.3. The van der Waals surface area contributed by atoms with Crippen molar-refractivity contribution in [2.45, 2.75) is 6.92 Å². The molecule has 0 aliphatic carbocycles. The van der Waals surface area contributed by atoms with Crippen molar-refractivity contribution < 1.29 is 14.2 Å². The molecule has 3 aromatic carbocycles. The van der Waals surface area contributed by atoms with Crippen molar-refractivity contribution in [3.05, 3.63) is 84.7 Å². The number of aryl methyl sites for hydroxylation is 1. The van der Waals surface area contributed by atoms with Gasteiger partial charge in [-0.3, -0.25) is 4.57 Å². The summed E-state index contributed by atoms with van der Waals surface area (Å²) in [6.07, 6.45) is 1.61. The number of nitrogens with one attached hydrogen (secondary N) is 1. The van der Waals surface area contributed by atoms with Gasteiger partial charge in [0.1, 0.15) is 23.6 Å². The maximum atomic E-state index is 5.44. The van der Waals surface area contributed by atoms with Gasteiger partial charge in [-0.25, -0.2) is 9.97 Å². The largest absolute Gasteiger partial charge is 0.497 e. The van der Waals surface area contributed by atoms with Crippen LogP contribution in [-0.2, 0) is 4.74 Å². The Bertz CT molecular complexity index is 1510. The molecule has 0 saturated heterocycles. The number of hydrogen-bond acceptors (Lipinski definition) is 6. The molecule has 0 bridgehead atoms. The fraction of sp³-hybridized carbons (Fsp3) is 0.200. The fourth-order valence-electron chi connectivity index (χ4n) is 4.60. The summed E-state index contributed by atoms with van der Waals surface area (Å²) in [7, 11) is 5.04. The second-order valence-corrected chi connectivity index (χ2v) is 8.70. The second-order valence-electron chi connectivity index (χ2n) is 8.70. The Balaban J connectivity index is 1.89. The van der Waals surface area contributed by atoms with Gasteiger partial charge in [-0.15, -0.1) is 0 Å². The van der Waals surface area contributed by atoms with E-state index in [9.17, 15) is 0 Å². The van der Waals surface area contributed by atoms with Gasteiger partial charge in [-0.1, -0.05) is 24.3 Å². The average molecular weight is 495 g/mol. The molecular weight excluding hydrogens is 464 g/mol. The van der Waals surface area contributed by atoms with Crippen LogP contribution in [0.5, 0.6) is 11.5 Å². The number of methoxy groups -OCH3 is 3. The predicted octanol–water partition coefficient (Wildman–Crippen LogP) is 6.14. The zero-order valence-corrected chi connectivity index (χ0v) is 21.5. The van der Waals surface area contributed by atoms with E-state index in [4.69, 9.17) is 19.2 Å². The third-order valence-electron chi connectivity index (χ3n) is 6.35. The minimum absolute atomic E-state index is 0.563. The highest BCUT2D eigenvalue weighted by molar-refractivity contribution is 6.09. The van der Waals surface area contributed by atoms with Gasteiger partial charge in [0.2, 0.25) is 0 Å². The lowest BCUT2D eigenvalue weighted by Crippen LogP contribution is -2.09. The van der Waals surface area contributed by atoms with Crippen LogP contribution in [0.25, 0.3) is 39.1 Å². The van der Waals surface area contributed by atoms with Crippen LogP contribution in [-0.4, -0.2) is 49.0 Å². The SMILES string of the molecule is COCCNc1ncnc2c1c(-c1ccc(OC)cc1)c(-c1ccc(OC)cc1)n2-c1cccc(C)c1. The van der Waals surface area contributed by atoms with Crippen molar-refractivity contribution in [2.75, 3.05) is 39.8 Å². The van der Waals surface area contributed by atoms with Gasteiger partial charge in [-0.2, -0.15) is 0 Å². The van der Waals surface area contributed by atoms with Crippen molar-refractivity contribution in [3.8, 4) is 39.6 Å². The molecule has 0 aliphatic heterocycles. The number of hydrogen-bond donors (Lipinski definition) is 1. The highest BCUT2D eigenvalue weighted by Gasteiger charge is 2.25. The van der Waals surface area contributed by atoms with Gasteiger partial charge in [0.05, 0.1) is 31.9 Å². The molecule has 37 heavy (non-hydrogen) atoms. The van der Waals surface area contributed by atoms with Crippen LogP contribution in [0.2, 0.25) is 0 Å². The molecule has 5 aromatic rings. The van der Waals surface area contributed by atoms with Crippen molar-refractivity contribution in [3.63, 3.8) is 0 Å². The van der Waals surface area contributed by atoms with E-state index in [0.717, 1.165) is 56.4 Å². The molecule has 0 radical (unpaired) electrons. The summed E-state index contributed by atoms with van der Waals surface area (Å²) < 4.78 is 18.4. The quantitative estimate of drug-likeness (QED) is 0.248. The molecule has 0 amide bonds.